The Kier molecular flexibility index (Phi) is 8.54. The Morgan fingerprint density at radius 3 is 2.50 bits per heavy atom. The van der Waals surface area contributed by atoms with Gasteiger partial charge in [-0.15, -0.1) is 12.4 Å². The van der Waals surface area contributed by atoms with Crippen molar-refractivity contribution in [3.05, 3.63) is 69.8 Å². The summed E-state index contributed by atoms with van der Waals surface area (Å²) >= 11 is 0. The molecule has 8 heteroatoms. The van der Waals surface area contributed by atoms with Gasteiger partial charge in [0, 0.05) is 30.8 Å². The molecule has 2 aromatic carbocycles. The van der Waals surface area contributed by atoms with E-state index in [4.69, 9.17) is 0 Å². The maximum Gasteiger partial charge on any atom is 0.293 e. The van der Waals surface area contributed by atoms with Gasteiger partial charge < -0.3 is 16.0 Å². The van der Waals surface area contributed by atoms with Gasteiger partial charge >= 0.3 is 0 Å². The summed E-state index contributed by atoms with van der Waals surface area (Å²) in [6, 6.07) is 14.2. The number of carbonyl (C=O) groups excluding carboxylic acids is 1. The van der Waals surface area contributed by atoms with E-state index >= 15 is 0 Å². The number of carbonyl (C=O) groups is 1. The first-order chi connectivity index (χ1) is 12.0. The number of nitrogens with one attached hydrogen (secondary N) is 3. The molecule has 2 rings (SSSR count). The lowest BCUT2D eigenvalue weighted by Gasteiger charge is -2.12. The van der Waals surface area contributed by atoms with Crippen LogP contribution in [0.5, 0.6) is 0 Å². The zero-order valence-electron chi connectivity index (χ0n) is 14.7. The van der Waals surface area contributed by atoms with Crippen LogP contribution < -0.4 is 16.0 Å². The molecule has 1 unspecified atom stereocenters. The van der Waals surface area contributed by atoms with E-state index in [-0.39, 0.29) is 35.6 Å². The Bertz CT molecular complexity index is 740. The summed E-state index contributed by atoms with van der Waals surface area (Å²) in [5.41, 5.74) is 1.54. The molecule has 1 atom stereocenters. The van der Waals surface area contributed by atoms with Gasteiger partial charge in [-0.2, -0.15) is 0 Å². The summed E-state index contributed by atoms with van der Waals surface area (Å²) in [5, 5.41) is 20.2. The smallest absolute Gasteiger partial charge is 0.293 e. The van der Waals surface area contributed by atoms with Crippen molar-refractivity contribution in [3.63, 3.8) is 0 Å². The molecule has 1 amide bonds. The number of likely N-dealkylation sites (N-methyl/N-ethyl adjacent to an activating group) is 1. The largest absolute Gasteiger partial charge is 0.375 e. The Hall–Kier alpha value is -2.64. The minimum Gasteiger partial charge on any atom is -0.375 e. The van der Waals surface area contributed by atoms with Gasteiger partial charge in [0.25, 0.3) is 11.6 Å². The van der Waals surface area contributed by atoms with Crippen LogP contribution >= 0.6 is 12.4 Å². The molecule has 0 saturated carbocycles. The quantitative estimate of drug-likeness (QED) is 0.484. The fourth-order valence-corrected chi connectivity index (χ4v) is 2.22. The summed E-state index contributed by atoms with van der Waals surface area (Å²) in [4.78, 5) is 23.0. The molecule has 0 saturated heterocycles. The minimum atomic E-state index is -0.486. The molecule has 0 fully saturated rings. The zero-order valence-corrected chi connectivity index (χ0v) is 15.5. The van der Waals surface area contributed by atoms with E-state index in [1.165, 1.54) is 6.07 Å². The molecule has 7 nitrogen and oxygen atoms in total. The average Bonchev–Trinajstić information content (AvgIpc) is 2.64. The van der Waals surface area contributed by atoms with Crippen LogP contribution in [-0.4, -0.2) is 30.5 Å². The molecular weight excluding hydrogens is 356 g/mol. The fraction of sp³-hybridized carbons (Fsp3) is 0.278. The van der Waals surface area contributed by atoms with E-state index in [9.17, 15) is 14.9 Å². The Labute approximate surface area is 158 Å². The van der Waals surface area contributed by atoms with E-state index in [0.717, 1.165) is 5.56 Å². The molecule has 26 heavy (non-hydrogen) atoms. The molecule has 2 aromatic rings. The first kappa shape index (κ1) is 21.4. The third-order valence-corrected chi connectivity index (χ3v) is 3.84. The van der Waals surface area contributed by atoms with Gasteiger partial charge in [-0.1, -0.05) is 30.3 Å². The number of halogens is 1. The summed E-state index contributed by atoms with van der Waals surface area (Å²) < 4.78 is 0. The zero-order chi connectivity index (χ0) is 18.2. The topological polar surface area (TPSA) is 96.3 Å². The second-order valence-electron chi connectivity index (χ2n) is 5.73. The number of amides is 1. The Balaban J connectivity index is 0.00000338. The number of nitrogens with zero attached hydrogens (tertiary/aromatic N) is 1. The predicted octanol–water partition coefficient (Wildman–Crippen LogP) is 2.97. The van der Waals surface area contributed by atoms with Crippen LogP contribution in [0.3, 0.4) is 0 Å². The van der Waals surface area contributed by atoms with E-state index in [0.29, 0.717) is 18.8 Å². The predicted molar refractivity (Wildman–Crippen MR) is 105 cm³/mol. The van der Waals surface area contributed by atoms with Crippen molar-refractivity contribution in [2.45, 2.75) is 19.5 Å². The van der Waals surface area contributed by atoms with Gasteiger partial charge in [0.05, 0.1) is 4.92 Å². The number of benzene rings is 2. The van der Waals surface area contributed by atoms with Crippen molar-refractivity contribution in [1.82, 2.24) is 10.6 Å². The first-order valence-corrected chi connectivity index (χ1v) is 8.03. The fourth-order valence-electron chi connectivity index (χ4n) is 2.22. The number of nitro benzene ring substituents is 1. The minimum absolute atomic E-state index is 0. The normalized spacial score (nSPS) is 11.2. The summed E-state index contributed by atoms with van der Waals surface area (Å²) in [5.74, 6) is -0.334. The molecule has 140 valence electrons. The number of nitro groups is 1. The lowest BCUT2D eigenvalue weighted by Crippen LogP contribution is -2.37. The lowest BCUT2D eigenvalue weighted by atomic mass is 10.1. The van der Waals surface area contributed by atoms with Crippen molar-refractivity contribution in [2.75, 3.05) is 18.9 Å². The highest BCUT2D eigenvalue weighted by molar-refractivity contribution is 5.95. The molecule has 0 spiro atoms. The molecular formula is C18H23ClN4O3. The van der Waals surface area contributed by atoms with E-state index in [2.05, 4.69) is 16.0 Å². The number of hydrogen-bond acceptors (Lipinski definition) is 5. The number of anilines is 1. The molecule has 0 aromatic heterocycles. The maximum absolute atomic E-state index is 12.1. The van der Waals surface area contributed by atoms with Crippen LogP contribution in [-0.2, 0) is 6.54 Å². The molecule has 0 aliphatic carbocycles. The third-order valence-electron chi connectivity index (χ3n) is 3.84. The van der Waals surface area contributed by atoms with Crippen molar-refractivity contribution in [3.8, 4) is 0 Å². The molecule has 0 aliphatic heterocycles. The van der Waals surface area contributed by atoms with E-state index in [1.54, 1.807) is 19.2 Å². The van der Waals surface area contributed by atoms with Gasteiger partial charge in [-0.05, 0) is 31.7 Å². The third kappa shape index (κ3) is 6.02. The SMILES string of the molecule is CNC(C)CNC(=O)c1ccc(NCc2ccccc2)c([N+](=O)[O-])c1.Cl. The molecule has 0 heterocycles. The van der Waals surface area contributed by atoms with Crippen LogP contribution in [0.1, 0.15) is 22.8 Å². The summed E-state index contributed by atoms with van der Waals surface area (Å²) in [6.07, 6.45) is 0. The van der Waals surface area contributed by atoms with Gasteiger partial charge in [0.1, 0.15) is 5.69 Å². The van der Waals surface area contributed by atoms with Crippen molar-refractivity contribution in [2.24, 2.45) is 0 Å². The van der Waals surface area contributed by atoms with E-state index in [1.807, 2.05) is 37.3 Å². The van der Waals surface area contributed by atoms with Crippen LogP contribution in [0.4, 0.5) is 11.4 Å². The van der Waals surface area contributed by atoms with Gasteiger partial charge in [0.15, 0.2) is 0 Å². The highest BCUT2D eigenvalue weighted by atomic mass is 35.5. The van der Waals surface area contributed by atoms with Crippen LogP contribution in [0, 0.1) is 10.1 Å². The van der Waals surface area contributed by atoms with E-state index < -0.39 is 4.92 Å². The molecule has 0 aliphatic rings. The Morgan fingerprint density at radius 1 is 1.19 bits per heavy atom. The summed E-state index contributed by atoms with van der Waals surface area (Å²) in [6.45, 7) is 2.84. The van der Waals surface area contributed by atoms with Crippen molar-refractivity contribution < 1.29 is 9.72 Å². The number of hydrogen-bond donors (Lipinski definition) is 3. The maximum atomic E-state index is 12.1. The van der Waals surface area contributed by atoms with Crippen LogP contribution in [0.15, 0.2) is 48.5 Å². The van der Waals surface area contributed by atoms with Gasteiger partial charge in [0.2, 0.25) is 0 Å². The molecule has 3 N–H and O–H groups in total. The second-order valence-corrected chi connectivity index (χ2v) is 5.73. The van der Waals surface area contributed by atoms with Crippen molar-refractivity contribution in [1.29, 1.82) is 0 Å². The van der Waals surface area contributed by atoms with Gasteiger partial charge in [-0.3, -0.25) is 14.9 Å². The Morgan fingerprint density at radius 2 is 1.88 bits per heavy atom. The highest BCUT2D eigenvalue weighted by Gasteiger charge is 2.17. The van der Waals surface area contributed by atoms with Crippen LogP contribution in [0.25, 0.3) is 0 Å². The lowest BCUT2D eigenvalue weighted by molar-refractivity contribution is -0.384. The van der Waals surface area contributed by atoms with Crippen molar-refractivity contribution >= 4 is 29.7 Å². The average molecular weight is 379 g/mol. The molecule has 0 radical (unpaired) electrons. The number of rotatable bonds is 8. The van der Waals surface area contributed by atoms with Gasteiger partial charge in [-0.25, -0.2) is 0 Å². The highest BCUT2D eigenvalue weighted by Crippen LogP contribution is 2.26. The summed E-state index contributed by atoms with van der Waals surface area (Å²) in [7, 11) is 1.80. The standard InChI is InChI=1S/C18H22N4O3.ClH/c1-13(19-2)11-21-18(23)15-8-9-16(17(10-15)22(24)25)20-12-14-6-4-3-5-7-14;/h3-10,13,19-20H,11-12H2,1-2H3,(H,21,23);1H. The first-order valence-electron chi connectivity index (χ1n) is 8.03. The monoisotopic (exact) mass is 378 g/mol. The van der Waals surface area contributed by atoms with Crippen LogP contribution in [0.2, 0.25) is 0 Å². The second kappa shape index (κ2) is 10.4. The molecule has 0 bridgehead atoms.